The van der Waals surface area contributed by atoms with Gasteiger partial charge >= 0.3 is 5.97 Å². The van der Waals surface area contributed by atoms with Crippen molar-refractivity contribution in [3.8, 4) is 11.1 Å². The van der Waals surface area contributed by atoms with Crippen LogP contribution in [0.2, 0.25) is 0 Å². The van der Waals surface area contributed by atoms with Gasteiger partial charge in [0.2, 0.25) is 0 Å². The third kappa shape index (κ3) is 2.42. The summed E-state index contributed by atoms with van der Waals surface area (Å²) in [6, 6.07) is 16.4. The van der Waals surface area contributed by atoms with E-state index in [1.807, 2.05) is 51.2 Å². The largest absolute Gasteiger partial charge is 0.456 e. The molecule has 3 nitrogen and oxygen atoms in total. The molecule has 1 heterocycles. The van der Waals surface area contributed by atoms with Crippen molar-refractivity contribution in [2.75, 3.05) is 0 Å². The summed E-state index contributed by atoms with van der Waals surface area (Å²) in [4.78, 5) is 17.5. The van der Waals surface area contributed by atoms with Gasteiger partial charge in [0.05, 0.1) is 11.3 Å². The molecule has 0 fully saturated rings. The van der Waals surface area contributed by atoms with Crippen molar-refractivity contribution in [3.05, 3.63) is 86.9 Å². The Kier molecular flexibility index (Phi) is 3.20. The fourth-order valence-electron chi connectivity index (χ4n) is 3.94. The minimum absolute atomic E-state index is 0.276. The number of rotatable bonds is 1. The first kappa shape index (κ1) is 16.0. The molecule has 0 saturated heterocycles. The fraction of sp³-hybridized carbons (Fsp3) is 0.167. The Hall–Kier alpha value is -3.20. The van der Waals surface area contributed by atoms with Gasteiger partial charge in [-0.2, -0.15) is 0 Å². The van der Waals surface area contributed by atoms with Crippen LogP contribution >= 0.6 is 0 Å². The highest BCUT2D eigenvalue weighted by atomic mass is 16.6. The summed E-state index contributed by atoms with van der Waals surface area (Å²) in [5.41, 5.74) is 4.33. The highest BCUT2D eigenvalue weighted by Crippen LogP contribution is 2.29. The molecule has 5 rings (SSSR count). The van der Waals surface area contributed by atoms with Crippen LogP contribution in [-0.2, 0) is 9.53 Å². The zero-order valence-corrected chi connectivity index (χ0v) is 15.5. The van der Waals surface area contributed by atoms with Crippen molar-refractivity contribution in [1.82, 2.24) is 4.98 Å². The van der Waals surface area contributed by atoms with Crippen LogP contribution in [-0.4, -0.2) is 16.6 Å². The van der Waals surface area contributed by atoms with E-state index in [9.17, 15) is 4.79 Å². The van der Waals surface area contributed by atoms with Crippen LogP contribution in [0.4, 0.5) is 0 Å². The maximum atomic E-state index is 13.0. The van der Waals surface area contributed by atoms with Crippen LogP contribution in [0.15, 0.2) is 54.7 Å². The highest BCUT2D eigenvalue weighted by Gasteiger charge is 2.26. The minimum Gasteiger partial charge on any atom is -0.456 e. The van der Waals surface area contributed by atoms with Crippen molar-refractivity contribution >= 4 is 17.6 Å². The molecular formula is C24H19NO2. The van der Waals surface area contributed by atoms with E-state index >= 15 is 0 Å². The van der Waals surface area contributed by atoms with Crippen molar-refractivity contribution in [3.63, 3.8) is 0 Å². The number of ether oxygens (including phenoxy) is 1. The van der Waals surface area contributed by atoms with Gasteiger partial charge in [0.1, 0.15) is 5.60 Å². The quantitative estimate of drug-likeness (QED) is 0.494. The van der Waals surface area contributed by atoms with E-state index in [1.165, 1.54) is 0 Å². The second-order valence-electron chi connectivity index (χ2n) is 7.99. The first-order valence-electron chi connectivity index (χ1n) is 9.11. The molecular weight excluding hydrogens is 334 g/mol. The standard InChI is InChI=1S/C24H19NO2/c1-24(2,3)27-23(26)22-17-8-5-4-7-15(17)19-13-18-14(11-20(19)22)12-21-16(18)9-6-10-25-21/h4-13H,1-3H3. The Balaban J connectivity index is 1.82. The van der Waals surface area contributed by atoms with Crippen molar-refractivity contribution in [2.24, 2.45) is 0 Å². The number of benzene rings is 2. The van der Waals surface area contributed by atoms with Crippen LogP contribution in [0.1, 0.15) is 32.0 Å². The van der Waals surface area contributed by atoms with Gasteiger partial charge in [-0.1, -0.05) is 30.3 Å². The van der Waals surface area contributed by atoms with Gasteiger partial charge in [0, 0.05) is 11.8 Å². The molecule has 0 aliphatic heterocycles. The fourth-order valence-corrected chi connectivity index (χ4v) is 3.94. The Morgan fingerprint density at radius 1 is 0.889 bits per heavy atom. The van der Waals surface area contributed by atoms with Crippen LogP contribution in [0.25, 0.3) is 22.8 Å². The molecule has 1 aromatic heterocycles. The van der Waals surface area contributed by atoms with E-state index in [2.05, 4.69) is 35.3 Å². The SMILES string of the molecule is CC(C)(C)OC(=O)C1=c2ccccc2=c2cc3c(cc21)=Cc1ncccc1-3. The predicted octanol–water partition coefficient (Wildman–Crippen LogP) is 3.03. The molecule has 27 heavy (non-hydrogen) atoms. The number of carbonyl (C=O) groups excluding carboxylic acids is 1. The third-order valence-corrected chi connectivity index (χ3v) is 4.97. The monoisotopic (exact) mass is 353 g/mol. The zero-order valence-electron chi connectivity index (χ0n) is 15.5. The molecule has 0 bridgehead atoms. The Labute approximate surface area is 157 Å². The number of hydrogen-bond donors (Lipinski definition) is 0. The lowest BCUT2D eigenvalue weighted by atomic mass is 10.0. The highest BCUT2D eigenvalue weighted by molar-refractivity contribution is 6.17. The van der Waals surface area contributed by atoms with Crippen LogP contribution in [0.3, 0.4) is 0 Å². The summed E-state index contributed by atoms with van der Waals surface area (Å²) in [6.45, 7) is 5.68. The number of nitrogens with zero attached hydrogens (tertiary/aromatic N) is 1. The van der Waals surface area contributed by atoms with Gasteiger partial charge in [0.15, 0.2) is 0 Å². The first-order chi connectivity index (χ1) is 12.9. The van der Waals surface area contributed by atoms with E-state index < -0.39 is 5.60 Å². The van der Waals surface area contributed by atoms with Crippen molar-refractivity contribution in [2.45, 2.75) is 26.4 Å². The van der Waals surface area contributed by atoms with Crippen LogP contribution < -0.4 is 10.4 Å². The molecule has 3 aromatic rings. The van der Waals surface area contributed by atoms with E-state index in [0.29, 0.717) is 5.57 Å². The van der Waals surface area contributed by atoms with Gasteiger partial charge < -0.3 is 4.74 Å². The Morgan fingerprint density at radius 3 is 2.44 bits per heavy atom. The molecule has 0 radical (unpaired) electrons. The van der Waals surface area contributed by atoms with Crippen molar-refractivity contribution < 1.29 is 9.53 Å². The molecule has 2 aliphatic rings. The molecule has 3 heteroatoms. The van der Waals surface area contributed by atoms with E-state index in [4.69, 9.17) is 4.74 Å². The molecule has 0 amide bonds. The molecule has 0 unspecified atom stereocenters. The minimum atomic E-state index is -0.537. The second kappa shape index (κ2) is 5.40. The average Bonchev–Trinajstić information content (AvgIpc) is 3.13. The second-order valence-corrected chi connectivity index (χ2v) is 7.99. The summed E-state index contributed by atoms with van der Waals surface area (Å²) < 4.78 is 5.72. The van der Waals surface area contributed by atoms with Gasteiger partial charge in [-0.15, -0.1) is 0 Å². The molecule has 0 saturated carbocycles. The number of esters is 1. The molecule has 0 N–H and O–H groups in total. The Bertz CT molecular complexity index is 1340. The zero-order chi connectivity index (χ0) is 18.8. The summed E-state index contributed by atoms with van der Waals surface area (Å²) in [5, 5.41) is 4.19. The molecule has 0 atom stereocenters. The van der Waals surface area contributed by atoms with Crippen LogP contribution in [0, 0.1) is 10.4 Å². The third-order valence-electron chi connectivity index (χ3n) is 4.97. The summed E-state index contributed by atoms with van der Waals surface area (Å²) in [6.07, 6.45) is 3.89. The molecule has 0 spiro atoms. The number of pyridine rings is 1. The average molecular weight is 353 g/mol. The summed E-state index contributed by atoms with van der Waals surface area (Å²) in [7, 11) is 0. The molecule has 132 valence electrons. The lowest BCUT2D eigenvalue weighted by Gasteiger charge is -2.20. The predicted molar refractivity (Wildman–Crippen MR) is 105 cm³/mol. The van der Waals surface area contributed by atoms with E-state index in [1.54, 1.807) is 0 Å². The number of carbonyl (C=O) groups is 1. The van der Waals surface area contributed by atoms with Gasteiger partial charge in [-0.3, -0.25) is 4.98 Å². The summed E-state index contributed by atoms with van der Waals surface area (Å²) >= 11 is 0. The van der Waals surface area contributed by atoms with E-state index in [-0.39, 0.29) is 5.97 Å². The number of aromatic nitrogens is 1. The van der Waals surface area contributed by atoms with Crippen molar-refractivity contribution in [1.29, 1.82) is 0 Å². The maximum absolute atomic E-state index is 13.0. The van der Waals surface area contributed by atoms with Gasteiger partial charge in [0.25, 0.3) is 0 Å². The maximum Gasteiger partial charge on any atom is 0.339 e. The molecule has 2 aromatic carbocycles. The van der Waals surface area contributed by atoms with Gasteiger partial charge in [-0.05, 0) is 77.0 Å². The Morgan fingerprint density at radius 2 is 1.67 bits per heavy atom. The lowest BCUT2D eigenvalue weighted by Crippen LogP contribution is -2.27. The topological polar surface area (TPSA) is 39.2 Å². The summed E-state index contributed by atoms with van der Waals surface area (Å²) in [5.74, 6) is -0.276. The number of fused-ring (bicyclic) bond motifs is 5. The normalized spacial score (nSPS) is 13.4. The smallest absolute Gasteiger partial charge is 0.339 e. The van der Waals surface area contributed by atoms with E-state index in [0.717, 1.165) is 43.3 Å². The lowest BCUT2D eigenvalue weighted by molar-refractivity contribution is -0.147. The van der Waals surface area contributed by atoms with Gasteiger partial charge in [-0.25, -0.2) is 4.79 Å². The van der Waals surface area contributed by atoms with Crippen LogP contribution in [0.5, 0.6) is 0 Å². The molecule has 2 aliphatic carbocycles. The number of hydrogen-bond acceptors (Lipinski definition) is 3. The first-order valence-corrected chi connectivity index (χ1v) is 9.11.